The van der Waals surface area contributed by atoms with Crippen molar-refractivity contribution in [3.05, 3.63) is 23.2 Å². The lowest BCUT2D eigenvalue weighted by molar-refractivity contribution is -0.149. The molecule has 3 N–H and O–H groups in total. The van der Waals surface area contributed by atoms with Gasteiger partial charge in [-0.3, -0.25) is 14.9 Å². The molecular formula is C26H38N4O6S. The van der Waals surface area contributed by atoms with Crippen molar-refractivity contribution >= 4 is 34.4 Å². The molecule has 10 nitrogen and oxygen atoms in total. The van der Waals surface area contributed by atoms with E-state index in [9.17, 15) is 24.6 Å². The highest BCUT2D eigenvalue weighted by atomic mass is 32.1. The van der Waals surface area contributed by atoms with Crippen LogP contribution in [-0.2, 0) is 20.7 Å². The number of aliphatic hydroxyl groups excluding tert-OH is 2. The largest absolute Gasteiger partial charge is 0.445 e. The topological polar surface area (TPSA) is 132 Å². The monoisotopic (exact) mass is 534 g/mol. The molecule has 204 valence electrons. The molecule has 2 fully saturated rings. The molecule has 1 saturated carbocycles. The van der Waals surface area contributed by atoms with E-state index >= 15 is 0 Å². The number of rotatable bonds is 6. The molecule has 4 rings (SSSR count). The number of aromatic nitrogens is 1. The number of ether oxygens (including phenoxy) is 1. The van der Waals surface area contributed by atoms with Crippen molar-refractivity contribution in [2.45, 2.75) is 58.5 Å². The molecule has 0 aromatic carbocycles. The van der Waals surface area contributed by atoms with E-state index in [0.717, 1.165) is 10.6 Å². The third-order valence-corrected chi connectivity index (χ3v) is 9.90. The van der Waals surface area contributed by atoms with E-state index < -0.39 is 17.6 Å². The zero-order valence-electron chi connectivity index (χ0n) is 21.9. The standard InChI is InChI=1S/C26H38N4O6S/c1-5-12-36-24(35)28-23-27-22-17(13-21(34)30-10-8-29(9-11-30)16(2)32)25(3)7-6-20(33)26(4,15-31)19(25)14-18(22)37-23/h5,17,19-20,31,33H,1,6-15H2,2-4H3,(H,27,28,35). The third kappa shape index (κ3) is 5.13. The summed E-state index contributed by atoms with van der Waals surface area (Å²) in [5, 5.41) is 24.4. The summed E-state index contributed by atoms with van der Waals surface area (Å²) >= 11 is 1.35. The number of nitrogens with one attached hydrogen (secondary N) is 1. The van der Waals surface area contributed by atoms with Gasteiger partial charge < -0.3 is 24.7 Å². The van der Waals surface area contributed by atoms with Gasteiger partial charge in [-0.2, -0.15) is 0 Å². The maximum Gasteiger partial charge on any atom is 0.413 e. The lowest BCUT2D eigenvalue weighted by Crippen LogP contribution is -2.58. The Balaban J connectivity index is 1.64. The zero-order valence-corrected chi connectivity index (χ0v) is 22.7. The number of anilines is 1. The first-order chi connectivity index (χ1) is 17.5. The minimum Gasteiger partial charge on any atom is -0.445 e. The second kappa shape index (κ2) is 10.7. The molecule has 1 saturated heterocycles. The van der Waals surface area contributed by atoms with Crippen LogP contribution in [0, 0.1) is 16.7 Å². The fourth-order valence-corrected chi connectivity index (χ4v) is 7.59. The normalized spacial score (nSPS) is 31.2. The number of thiazole rings is 1. The molecule has 1 aromatic heterocycles. The first kappa shape index (κ1) is 27.5. The average molecular weight is 535 g/mol. The van der Waals surface area contributed by atoms with E-state index in [2.05, 4.69) is 18.8 Å². The van der Waals surface area contributed by atoms with Gasteiger partial charge in [0.1, 0.15) is 6.61 Å². The fourth-order valence-electron chi connectivity index (χ4n) is 6.53. The van der Waals surface area contributed by atoms with Crippen LogP contribution in [0.3, 0.4) is 0 Å². The Morgan fingerprint density at radius 2 is 1.92 bits per heavy atom. The number of nitrogens with zero attached hydrogens (tertiary/aromatic N) is 3. The van der Waals surface area contributed by atoms with Gasteiger partial charge in [0.05, 0.1) is 18.4 Å². The molecule has 0 bridgehead atoms. The lowest BCUT2D eigenvalue weighted by Gasteiger charge is -2.58. The quantitative estimate of drug-likeness (QED) is 0.478. The molecule has 0 radical (unpaired) electrons. The van der Waals surface area contributed by atoms with E-state index in [1.165, 1.54) is 17.4 Å². The first-order valence-corrected chi connectivity index (χ1v) is 13.7. The van der Waals surface area contributed by atoms with Crippen molar-refractivity contribution in [1.82, 2.24) is 14.8 Å². The minimum absolute atomic E-state index is 0.00533. The van der Waals surface area contributed by atoms with Crippen molar-refractivity contribution in [3.63, 3.8) is 0 Å². The Kier molecular flexibility index (Phi) is 7.96. The van der Waals surface area contributed by atoms with Gasteiger partial charge in [-0.1, -0.05) is 26.5 Å². The highest BCUT2D eigenvalue weighted by Gasteiger charge is 2.59. The van der Waals surface area contributed by atoms with Gasteiger partial charge in [-0.15, -0.1) is 11.3 Å². The summed E-state index contributed by atoms with van der Waals surface area (Å²) < 4.78 is 5.05. The second-order valence-corrected chi connectivity index (χ2v) is 12.0. The van der Waals surface area contributed by atoms with Crippen LogP contribution in [0.5, 0.6) is 0 Å². The molecule has 5 atom stereocenters. The number of amides is 3. The molecule has 11 heteroatoms. The van der Waals surface area contributed by atoms with Crippen LogP contribution >= 0.6 is 11.3 Å². The van der Waals surface area contributed by atoms with E-state index in [0.29, 0.717) is 50.6 Å². The number of fused-ring (bicyclic) bond motifs is 2. The van der Waals surface area contributed by atoms with Crippen LogP contribution < -0.4 is 5.32 Å². The Morgan fingerprint density at radius 1 is 1.24 bits per heavy atom. The van der Waals surface area contributed by atoms with E-state index in [1.54, 1.807) is 11.8 Å². The van der Waals surface area contributed by atoms with Crippen molar-refractivity contribution in [2.24, 2.45) is 16.7 Å². The highest BCUT2D eigenvalue weighted by molar-refractivity contribution is 7.15. The predicted molar refractivity (Wildman–Crippen MR) is 139 cm³/mol. The Bertz CT molecular complexity index is 1050. The van der Waals surface area contributed by atoms with E-state index in [-0.39, 0.29) is 48.7 Å². The first-order valence-electron chi connectivity index (χ1n) is 12.9. The van der Waals surface area contributed by atoms with Gasteiger partial charge >= 0.3 is 6.09 Å². The van der Waals surface area contributed by atoms with Gasteiger partial charge in [-0.25, -0.2) is 9.78 Å². The summed E-state index contributed by atoms with van der Waals surface area (Å²) in [6, 6.07) is 0. The fraction of sp³-hybridized carbons (Fsp3) is 0.692. The van der Waals surface area contributed by atoms with Crippen molar-refractivity contribution in [3.8, 4) is 0 Å². The summed E-state index contributed by atoms with van der Waals surface area (Å²) in [7, 11) is 0. The van der Waals surface area contributed by atoms with Gasteiger partial charge in [0.2, 0.25) is 11.8 Å². The molecule has 5 unspecified atom stereocenters. The molecule has 37 heavy (non-hydrogen) atoms. The van der Waals surface area contributed by atoms with Gasteiger partial charge in [-0.05, 0) is 30.6 Å². The van der Waals surface area contributed by atoms with E-state index in [1.807, 2.05) is 11.8 Å². The third-order valence-electron chi connectivity index (χ3n) is 8.89. The molecule has 0 spiro atoms. The number of carbonyl (C=O) groups is 3. The van der Waals surface area contributed by atoms with Crippen molar-refractivity contribution in [2.75, 3.05) is 44.7 Å². The number of aliphatic hydroxyl groups is 2. The molecule has 3 amide bonds. The number of hydrogen-bond acceptors (Lipinski definition) is 8. The molecule has 2 heterocycles. The van der Waals surface area contributed by atoms with Crippen molar-refractivity contribution < 1.29 is 29.3 Å². The Morgan fingerprint density at radius 3 is 2.54 bits per heavy atom. The molecule has 1 aliphatic heterocycles. The van der Waals surface area contributed by atoms with Gasteiger partial charge in [0.25, 0.3) is 0 Å². The zero-order chi connectivity index (χ0) is 27.0. The minimum atomic E-state index is -0.723. The molecule has 2 aliphatic carbocycles. The predicted octanol–water partition coefficient (Wildman–Crippen LogP) is 2.37. The SMILES string of the molecule is C=CCOC(=O)Nc1nc2c(s1)CC1C(C)(CO)C(O)CCC1(C)C2CC(=O)N1CCN(C(C)=O)CC1. The smallest absolute Gasteiger partial charge is 0.413 e. The van der Waals surface area contributed by atoms with E-state index in [4.69, 9.17) is 9.72 Å². The summed E-state index contributed by atoms with van der Waals surface area (Å²) in [4.78, 5) is 46.7. The van der Waals surface area contributed by atoms with Crippen molar-refractivity contribution in [1.29, 1.82) is 0 Å². The number of carbonyl (C=O) groups excluding carboxylic acids is 3. The summed E-state index contributed by atoms with van der Waals surface area (Å²) in [6.45, 7) is 11.1. The molecule has 1 aromatic rings. The maximum atomic E-state index is 13.6. The summed E-state index contributed by atoms with van der Waals surface area (Å²) in [6.07, 6.45) is 2.28. The molecular weight excluding hydrogens is 496 g/mol. The van der Waals surface area contributed by atoms with Crippen LogP contribution in [0.25, 0.3) is 0 Å². The van der Waals surface area contributed by atoms with Gasteiger partial charge in [0.15, 0.2) is 5.13 Å². The second-order valence-electron chi connectivity index (χ2n) is 11.0. The summed E-state index contributed by atoms with van der Waals surface area (Å²) in [5.74, 6) is -0.299. The number of hydrogen-bond donors (Lipinski definition) is 3. The average Bonchev–Trinajstić information content (AvgIpc) is 3.28. The molecule has 3 aliphatic rings. The Hall–Kier alpha value is -2.50. The lowest BCUT2D eigenvalue weighted by atomic mass is 9.47. The van der Waals surface area contributed by atoms with Gasteiger partial charge in [0, 0.05) is 55.7 Å². The summed E-state index contributed by atoms with van der Waals surface area (Å²) in [5.41, 5.74) is -0.301. The van der Waals surface area contributed by atoms with Crippen LogP contribution in [0.15, 0.2) is 12.7 Å². The van der Waals surface area contributed by atoms with Crippen LogP contribution in [-0.4, -0.2) is 88.4 Å². The highest BCUT2D eigenvalue weighted by Crippen LogP contribution is 2.62. The van der Waals surface area contributed by atoms with Crippen LogP contribution in [0.1, 0.15) is 56.5 Å². The Labute approximate surface area is 221 Å². The number of piperazine rings is 1. The maximum absolute atomic E-state index is 13.6. The van der Waals surface area contributed by atoms with Crippen LogP contribution in [0.4, 0.5) is 9.93 Å². The van der Waals surface area contributed by atoms with Crippen LogP contribution in [0.2, 0.25) is 0 Å².